The summed E-state index contributed by atoms with van der Waals surface area (Å²) in [6, 6.07) is 6.48. The van der Waals surface area contributed by atoms with Gasteiger partial charge in [0.25, 0.3) is 0 Å². The van der Waals surface area contributed by atoms with Crippen molar-refractivity contribution in [3.05, 3.63) is 39.3 Å². The topological polar surface area (TPSA) is 43.8 Å². The SMILES string of the molecule is CCc1ccc(CC(N)c2cc(C)nn2C)s1. The van der Waals surface area contributed by atoms with E-state index in [1.165, 1.54) is 9.75 Å². The van der Waals surface area contributed by atoms with Crippen molar-refractivity contribution in [3.63, 3.8) is 0 Å². The first-order valence-corrected chi connectivity index (χ1v) is 6.75. The Kier molecular flexibility index (Phi) is 3.64. The van der Waals surface area contributed by atoms with Crippen LogP contribution in [0.5, 0.6) is 0 Å². The Bertz CT molecular complexity index is 498. The van der Waals surface area contributed by atoms with Crippen LogP contribution in [0, 0.1) is 6.92 Å². The van der Waals surface area contributed by atoms with Crippen LogP contribution < -0.4 is 5.73 Å². The maximum Gasteiger partial charge on any atom is 0.0597 e. The summed E-state index contributed by atoms with van der Waals surface area (Å²) in [5, 5.41) is 4.34. The van der Waals surface area contributed by atoms with Gasteiger partial charge in [0.2, 0.25) is 0 Å². The van der Waals surface area contributed by atoms with Gasteiger partial charge in [-0.1, -0.05) is 6.92 Å². The molecule has 0 aliphatic carbocycles. The Morgan fingerprint density at radius 3 is 2.65 bits per heavy atom. The Balaban J connectivity index is 2.11. The fourth-order valence-corrected chi connectivity index (χ4v) is 3.04. The number of hydrogen-bond donors (Lipinski definition) is 1. The summed E-state index contributed by atoms with van der Waals surface area (Å²) in [4.78, 5) is 2.78. The van der Waals surface area contributed by atoms with E-state index in [1.807, 2.05) is 30.0 Å². The monoisotopic (exact) mass is 249 g/mol. The van der Waals surface area contributed by atoms with E-state index in [4.69, 9.17) is 5.73 Å². The van der Waals surface area contributed by atoms with Crippen molar-refractivity contribution in [2.75, 3.05) is 0 Å². The molecule has 0 saturated heterocycles. The zero-order valence-electron chi connectivity index (χ0n) is 10.6. The molecule has 2 aromatic rings. The molecule has 2 aromatic heterocycles. The molecule has 0 aliphatic heterocycles. The summed E-state index contributed by atoms with van der Waals surface area (Å²) in [5.41, 5.74) is 8.37. The lowest BCUT2D eigenvalue weighted by Crippen LogP contribution is -2.16. The number of aromatic nitrogens is 2. The third kappa shape index (κ3) is 2.76. The van der Waals surface area contributed by atoms with Gasteiger partial charge in [-0.05, 0) is 31.5 Å². The molecule has 1 atom stereocenters. The van der Waals surface area contributed by atoms with E-state index in [2.05, 4.69) is 30.2 Å². The highest BCUT2D eigenvalue weighted by atomic mass is 32.1. The zero-order valence-corrected chi connectivity index (χ0v) is 11.4. The molecule has 2 heterocycles. The van der Waals surface area contributed by atoms with Crippen LogP contribution in [0.1, 0.15) is 34.1 Å². The molecular formula is C13H19N3S. The molecule has 0 radical (unpaired) electrons. The maximum absolute atomic E-state index is 6.24. The van der Waals surface area contributed by atoms with Gasteiger partial charge in [-0.3, -0.25) is 4.68 Å². The standard InChI is InChI=1S/C13H19N3S/c1-4-10-5-6-11(17-10)8-12(14)13-7-9(2)15-16(13)3/h5-7,12H,4,8,14H2,1-3H3. The second-order valence-electron chi connectivity index (χ2n) is 4.37. The fraction of sp³-hybridized carbons (Fsp3) is 0.462. The molecule has 3 nitrogen and oxygen atoms in total. The number of nitrogens with two attached hydrogens (primary N) is 1. The molecule has 1 unspecified atom stereocenters. The summed E-state index contributed by atoms with van der Waals surface area (Å²) < 4.78 is 1.88. The highest BCUT2D eigenvalue weighted by molar-refractivity contribution is 7.11. The molecule has 0 aromatic carbocycles. The second kappa shape index (κ2) is 5.02. The maximum atomic E-state index is 6.24. The summed E-state index contributed by atoms with van der Waals surface area (Å²) in [5.74, 6) is 0. The third-order valence-corrected chi connectivity index (χ3v) is 4.16. The molecule has 4 heteroatoms. The fourth-order valence-electron chi connectivity index (χ4n) is 2.02. The Morgan fingerprint density at radius 2 is 2.12 bits per heavy atom. The van der Waals surface area contributed by atoms with E-state index in [9.17, 15) is 0 Å². The van der Waals surface area contributed by atoms with Gasteiger partial charge in [0.1, 0.15) is 0 Å². The van der Waals surface area contributed by atoms with Crippen LogP contribution >= 0.6 is 11.3 Å². The Hall–Kier alpha value is -1.13. The first kappa shape index (κ1) is 12.3. The van der Waals surface area contributed by atoms with Crippen molar-refractivity contribution in [2.24, 2.45) is 12.8 Å². The lowest BCUT2D eigenvalue weighted by atomic mass is 10.1. The zero-order chi connectivity index (χ0) is 12.4. The van der Waals surface area contributed by atoms with E-state index < -0.39 is 0 Å². The van der Waals surface area contributed by atoms with Crippen LogP contribution in [-0.4, -0.2) is 9.78 Å². The van der Waals surface area contributed by atoms with Gasteiger partial charge in [-0.25, -0.2) is 0 Å². The third-order valence-electron chi connectivity index (χ3n) is 2.90. The number of thiophene rings is 1. The molecule has 0 fully saturated rings. The van der Waals surface area contributed by atoms with Crippen LogP contribution in [0.15, 0.2) is 18.2 Å². The molecule has 0 spiro atoms. The van der Waals surface area contributed by atoms with Gasteiger partial charge in [-0.2, -0.15) is 5.10 Å². The Labute approximate surface area is 106 Å². The van der Waals surface area contributed by atoms with E-state index in [0.717, 1.165) is 24.2 Å². The van der Waals surface area contributed by atoms with Crippen LogP contribution in [0.3, 0.4) is 0 Å². The van der Waals surface area contributed by atoms with Crippen LogP contribution in [0.25, 0.3) is 0 Å². The highest BCUT2D eigenvalue weighted by Gasteiger charge is 2.13. The molecule has 0 bridgehead atoms. The quantitative estimate of drug-likeness (QED) is 0.905. The van der Waals surface area contributed by atoms with Gasteiger partial charge < -0.3 is 5.73 Å². The lowest BCUT2D eigenvalue weighted by molar-refractivity contribution is 0.618. The van der Waals surface area contributed by atoms with Crippen molar-refractivity contribution >= 4 is 11.3 Å². The summed E-state index contributed by atoms with van der Waals surface area (Å²) in [6.07, 6.45) is 1.99. The number of hydrogen-bond acceptors (Lipinski definition) is 3. The van der Waals surface area contributed by atoms with E-state index in [0.29, 0.717) is 0 Å². The normalized spacial score (nSPS) is 12.9. The molecule has 2 N–H and O–H groups in total. The van der Waals surface area contributed by atoms with Crippen molar-refractivity contribution in [1.82, 2.24) is 9.78 Å². The molecule has 0 amide bonds. The summed E-state index contributed by atoms with van der Waals surface area (Å²) in [6.45, 7) is 4.18. The predicted molar refractivity (Wildman–Crippen MR) is 72.3 cm³/mol. The van der Waals surface area contributed by atoms with Crippen molar-refractivity contribution in [3.8, 4) is 0 Å². The van der Waals surface area contributed by atoms with Gasteiger partial charge >= 0.3 is 0 Å². The summed E-state index contributed by atoms with van der Waals surface area (Å²) >= 11 is 1.86. The minimum Gasteiger partial charge on any atom is -0.322 e. The van der Waals surface area contributed by atoms with Gasteiger partial charge in [0.15, 0.2) is 0 Å². The molecule has 0 saturated carbocycles. The average molecular weight is 249 g/mol. The first-order valence-electron chi connectivity index (χ1n) is 5.94. The first-order chi connectivity index (χ1) is 8.10. The van der Waals surface area contributed by atoms with Crippen LogP contribution in [0.4, 0.5) is 0 Å². The van der Waals surface area contributed by atoms with Gasteiger partial charge in [-0.15, -0.1) is 11.3 Å². The van der Waals surface area contributed by atoms with Crippen LogP contribution in [-0.2, 0) is 19.9 Å². The average Bonchev–Trinajstić information content (AvgIpc) is 2.85. The highest BCUT2D eigenvalue weighted by Crippen LogP contribution is 2.23. The van der Waals surface area contributed by atoms with E-state index in [-0.39, 0.29) is 6.04 Å². The smallest absolute Gasteiger partial charge is 0.0597 e. The number of aryl methyl sites for hydroxylation is 3. The molecular weight excluding hydrogens is 230 g/mol. The Morgan fingerprint density at radius 1 is 1.41 bits per heavy atom. The van der Waals surface area contributed by atoms with E-state index >= 15 is 0 Å². The molecule has 17 heavy (non-hydrogen) atoms. The summed E-state index contributed by atoms with van der Waals surface area (Å²) in [7, 11) is 1.95. The van der Waals surface area contributed by atoms with Crippen molar-refractivity contribution in [1.29, 1.82) is 0 Å². The van der Waals surface area contributed by atoms with Gasteiger partial charge in [0, 0.05) is 23.2 Å². The van der Waals surface area contributed by atoms with Gasteiger partial charge in [0.05, 0.1) is 17.4 Å². The number of nitrogens with zero attached hydrogens (tertiary/aromatic N) is 2. The lowest BCUT2D eigenvalue weighted by Gasteiger charge is -2.10. The molecule has 2 rings (SSSR count). The van der Waals surface area contributed by atoms with Crippen molar-refractivity contribution in [2.45, 2.75) is 32.7 Å². The largest absolute Gasteiger partial charge is 0.322 e. The number of rotatable bonds is 4. The minimum absolute atomic E-state index is 0.0320. The van der Waals surface area contributed by atoms with Crippen molar-refractivity contribution < 1.29 is 0 Å². The molecule has 0 aliphatic rings. The second-order valence-corrected chi connectivity index (χ2v) is 5.62. The van der Waals surface area contributed by atoms with E-state index in [1.54, 1.807) is 0 Å². The predicted octanol–water partition coefficient (Wildman–Crippen LogP) is 2.59. The minimum atomic E-state index is 0.0320. The molecule has 92 valence electrons. The van der Waals surface area contributed by atoms with Crippen LogP contribution in [0.2, 0.25) is 0 Å².